The van der Waals surface area contributed by atoms with E-state index < -0.39 is 12.2 Å². The largest absolute Gasteiger partial charge is 0.491 e. The van der Waals surface area contributed by atoms with Gasteiger partial charge in [-0.2, -0.15) is 5.26 Å². The lowest BCUT2D eigenvalue weighted by atomic mass is 9.94. The highest BCUT2D eigenvalue weighted by Gasteiger charge is 2.26. The van der Waals surface area contributed by atoms with Crippen LogP contribution in [0, 0.1) is 17.2 Å². The molecule has 0 heterocycles. The molecule has 2 rings (SSSR count). The Bertz CT molecular complexity index is 801. The Hall–Kier alpha value is -3.08. The van der Waals surface area contributed by atoms with E-state index in [-0.39, 0.29) is 25.7 Å². The van der Waals surface area contributed by atoms with Crippen LogP contribution in [0.2, 0.25) is 0 Å². The van der Waals surface area contributed by atoms with Crippen molar-refractivity contribution in [2.75, 3.05) is 25.1 Å². The van der Waals surface area contributed by atoms with Crippen molar-refractivity contribution in [2.24, 2.45) is 5.92 Å². The maximum Gasteiger partial charge on any atom is 0.412 e. The number of benzene rings is 2. The molecule has 28 heavy (non-hydrogen) atoms. The quantitative estimate of drug-likeness (QED) is 0.612. The van der Waals surface area contributed by atoms with Crippen molar-refractivity contribution in [3.05, 3.63) is 59.7 Å². The number of hydrogen-bond acceptors (Lipinski definition) is 6. The van der Waals surface area contributed by atoms with Gasteiger partial charge in [0.1, 0.15) is 18.5 Å². The van der Waals surface area contributed by atoms with Crippen molar-refractivity contribution >= 4 is 11.8 Å². The smallest absolute Gasteiger partial charge is 0.412 e. The van der Waals surface area contributed by atoms with Crippen molar-refractivity contribution in [3.8, 4) is 11.8 Å². The Labute approximate surface area is 164 Å². The van der Waals surface area contributed by atoms with Crippen LogP contribution in [0.1, 0.15) is 30.6 Å². The van der Waals surface area contributed by atoms with Crippen molar-refractivity contribution in [1.29, 1.82) is 5.26 Å². The predicted octanol–water partition coefficient (Wildman–Crippen LogP) is 3.24. The van der Waals surface area contributed by atoms with Crippen molar-refractivity contribution < 1.29 is 24.5 Å². The molecule has 0 aliphatic carbocycles. The first-order valence-electron chi connectivity index (χ1n) is 9.00. The molecule has 0 unspecified atom stereocenters. The van der Waals surface area contributed by atoms with Gasteiger partial charge in [-0.3, -0.25) is 5.32 Å². The number of anilines is 1. The van der Waals surface area contributed by atoms with Crippen LogP contribution in [0.4, 0.5) is 10.5 Å². The van der Waals surface area contributed by atoms with Gasteiger partial charge in [-0.25, -0.2) is 4.79 Å². The van der Waals surface area contributed by atoms with Gasteiger partial charge in [0.25, 0.3) is 0 Å². The van der Waals surface area contributed by atoms with Crippen LogP contribution in [0.5, 0.6) is 5.75 Å². The van der Waals surface area contributed by atoms with E-state index in [1.807, 2.05) is 19.1 Å². The average Bonchev–Trinajstić information content (AvgIpc) is 2.71. The van der Waals surface area contributed by atoms with Gasteiger partial charge in [0, 0.05) is 17.9 Å². The maximum atomic E-state index is 12.4. The van der Waals surface area contributed by atoms with Crippen LogP contribution < -0.4 is 10.1 Å². The van der Waals surface area contributed by atoms with Gasteiger partial charge in [0.05, 0.1) is 18.2 Å². The zero-order chi connectivity index (χ0) is 20.4. The van der Waals surface area contributed by atoms with Gasteiger partial charge in [-0.15, -0.1) is 0 Å². The molecule has 2 aromatic carbocycles. The Balaban J connectivity index is 2.19. The SMILES string of the molecule is C[C@@H](CCO)[C@H](OC(=O)Nc1ccc(C#N)cc1)c1ccccc1OCCO. The number of aliphatic hydroxyl groups excluding tert-OH is 2. The minimum Gasteiger partial charge on any atom is -0.491 e. The molecule has 2 aromatic rings. The van der Waals surface area contributed by atoms with E-state index in [2.05, 4.69) is 5.32 Å². The molecular weight excluding hydrogens is 360 g/mol. The fourth-order valence-corrected chi connectivity index (χ4v) is 2.73. The van der Waals surface area contributed by atoms with Crippen LogP contribution in [0.3, 0.4) is 0 Å². The molecular formula is C21H24N2O5. The van der Waals surface area contributed by atoms with Gasteiger partial charge < -0.3 is 19.7 Å². The molecule has 0 spiro atoms. The molecule has 2 atom stereocenters. The molecule has 0 aliphatic heterocycles. The number of rotatable bonds is 9. The molecule has 7 heteroatoms. The van der Waals surface area contributed by atoms with E-state index in [1.165, 1.54) is 0 Å². The van der Waals surface area contributed by atoms with Gasteiger partial charge >= 0.3 is 6.09 Å². The number of nitrogens with zero attached hydrogens (tertiary/aromatic N) is 1. The number of hydrogen-bond donors (Lipinski definition) is 3. The van der Waals surface area contributed by atoms with Crippen LogP contribution in [-0.2, 0) is 4.74 Å². The predicted molar refractivity (Wildman–Crippen MR) is 104 cm³/mol. The van der Waals surface area contributed by atoms with Crippen LogP contribution in [0.25, 0.3) is 0 Å². The highest BCUT2D eigenvalue weighted by atomic mass is 16.6. The van der Waals surface area contributed by atoms with Crippen molar-refractivity contribution in [3.63, 3.8) is 0 Å². The highest BCUT2D eigenvalue weighted by molar-refractivity contribution is 5.84. The van der Waals surface area contributed by atoms with Gasteiger partial charge in [0.2, 0.25) is 0 Å². The molecule has 0 bridgehead atoms. The summed E-state index contributed by atoms with van der Waals surface area (Å²) < 4.78 is 11.2. The molecule has 0 aromatic heterocycles. The summed E-state index contributed by atoms with van der Waals surface area (Å²) in [6.45, 7) is 1.82. The summed E-state index contributed by atoms with van der Waals surface area (Å²) in [5.41, 5.74) is 1.65. The minimum atomic E-state index is -0.656. The fraction of sp³-hybridized carbons (Fsp3) is 0.333. The third kappa shape index (κ3) is 5.98. The molecule has 148 valence electrons. The number of para-hydroxylation sites is 1. The number of nitrogens with one attached hydrogen (secondary N) is 1. The first-order valence-corrected chi connectivity index (χ1v) is 9.00. The number of amides is 1. The minimum absolute atomic E-state index is 0.0437. The zero-order valence-electron chi connectivity index (χ0n) is 15.7. The van der Waals surface area contributed by atoms with E-state index in [4.69, 9.17) is 19.8 Å². The molecule has 0 aliphatic rings. The Morgan fingerprint density at radius 2 is 1.86 bits per heavy atom. The number of ether oxygens (including phenoxy) is 2. The monoisotopic (exact) mass is 384 g/mol. The summed E-state index contributed by atoms with van der Waals surface area (Å²) >= 11 is 0. The van der Waals surface area contributed by atoms with Gasteiger partial charge in [0.15, 0.2) is 0 Å². The average molecular weight is 384 g/mol. The van der Waals surface area contributed by atoms with Crippen molar-refractivity contribution in [1.82, 2.24) is 0 Å². The third-order valence-electron chi connectivity index (χ3n) is 4.17. The molecule has 3 N–H and O–H groups in total. The Kier molecular flexibility index (Phi) is 8.28. The zero-order valence-corrected chi connectivity index (χ0v) is 15.7. The fourth-order valence-electron chi connectivity index (χ4n) is 2.73. The highest BCUT2D eigenvalue weighted by Crippen LogP contribution is 2.35. The van der Waals surface area contributed by atoms with Crippen LogP contribution in [0.15, 0.2) is 48.5 Å². The van der Waals surface area contributed by atoms with E-state index >= 15 is 0 Å². The number of aliphatic hydroxyl groups is 2. The lowest BCUT2D eigenvalue weighted by molar-refractivity contribution is 0.0641. The van der Waals surface area contributed by atoms with Crippen LogP contribution in [-0.4, -0.2) is 36.1 Å². The normalized spacial score (nSPS) is 12.5. The summed E-state index contributed by atoms with van der Waals surface area (Å²) in [5, 5.41) is 29.8. The summed E-state index contributed by atoms with van der Waals surface area (Å²) in [7, 11) is 0. The number of carbonyl (C=O) groups excluding carboxylic acids is 1. The van der Waals surface area contributed by atoms with E-state index in [0.29, 0.717) is 29.0 Å². The van der Waals surface area contributed by atoms with E-state index in [9.17, 15) is 9.90 Å². The van der Waals surface area contributed by atoms with Crippen molar-refractivity contribution in [2.45, 2.75) is 19.4 Å². The molecule has 0 saturated carbocycles. The first kappa shape index (κ1) is 21.2. The lowest BCUT2D eigenvalue weighted by Gasteiger charge is -2.26. The summed E-state index contributed by atoms with van der Waals surface area (Å²) in [5.74, 6) is 0.341. The summed E-state index contributed by atoms with van der Waals surface area (Å²) in [4.78, 5) is 12.4. The summed E-state index contributed by atoms with van der Waals surface area (Å²) in [6.07, 6.45) is -0.875. The maximum absolute atomic E-state index is 12.4. The summed E-state index contributed by atoms with van der Waals surface area (Å²) in [6, 6.07) is 15.6. The van der Waals surface area contributed by atoms with E-state index in [1.54, 1.807) is 42.5 Å². The van der Waals surface area contributed by atoms with Gasteiger partial charge in [-0.05, 0) is 42.7 Å². The van der Waals surface area contributed by atoms with Gasteiger partial charge in [-0.1, -0.05) is 25.1 Å². The molecule has 1 amide bonds. The topological polar surface area (TPSA) is 112 Å². The Morgan fingerprint density at radius 1 is 1.14 bits per heavy atom. The molecule has 0 saturated heterocycles. The second-order valence-electron chi connectivity index (χ2n) is 6.24. The molecule has 0 radical (unpaired) electrons. The standard InChI is InChI=1S/C21H24N2O5/c1-15(10-11-24)20(18-4-2-3-5-19(18)27-13-12-25)28-21(26)23-17-8-6-16(14-22)7-9-17/h2-9,15,20,24-25H,10-13H2,1H3,(H,23,26)/t15-,20-/m0/s1. The van der Waals surface area contributed by atoms with E-state index in [0.717, 1.165) is 0 Å². The lowest BCUT2D eigenvalue weighted by Crippen LogP contribution is -2.23. The second-order valence-corrected chi connectivity index (χ2v) is 6.24. The van der Waals surface area contributed by atoms with Crippen LogP contribution >= 0.6 is 0 Å². The second kappa shape index (κ2) is 10.9. The number of carbonyl (C=O) groups is 1. The molecule has 7 nitrogen and oxygen atoms in total. The molecule has 0 fully saturated rings. The third-order valence-corrected chi connectivity index (χ3v) is 4.17. The first-order chi connectivity index (χ1) is 13.6. The number of nitriles is 1. The Morgan fingerprint density at radius 3 is 2.50 bits per heavy atom.